The number of benzene rings is 1. The summed E-state index contributed by atoms with van der Waals surface area (Å²) in [6.45, 7) is 2.33. The number of nitrogens with zero attached hydrogens (tertiary/aromatic N) is 3. The molecule has 0 bridgehead atoms. The van der Waals surface area contributed by atoms with Crippen LogP contribution >= 0.6 is 0 Å². The van der Waals surface area contributed by atoms with Gasteiger partial charge in [0.15, 0.2) is 0 Å². The Balaban J connectivity index is 1.52. The van der Waals surface area contributed by atoms with Gasteiger partial charge in [-0.3, -0.25) is 4.90 Å². The maximum absolute atomic E-state index is 12.9. The third-order valence-electron chi connectivity index (χ3n) is 4.19. The zero-order valence-corrected chi connectivity index (χ0v) is 13.4. The van der Waals surface area contributed by atoms with Crippen LogP contribution in [0.15, 0.2) is 36.5 Å². The van der Waals surface area contributed by atoms with Crippen molar-refractivity contribution in [3.05, 3.63) is 53.6 Å². The van der Waals surface area contributed by atoms with Crippen LogP contribution < -0.4 is 5.32 Å². The number of alkyl halides is 3. The summed E-state index contributed by atoms with van der Waals surface area (Å²) in [6, 6.07) is 7.29. The maximum atomic E-state index is 12.9. The first-order chi connectivity index (χ1) is 11.9. The largest absolute Gasteiger partial charge is 0.433 e. The Morgan fingerprint density at radius 1 is 1.08 bits per heavy atom. The number of piperidine rings is 1. The van der Waals surface area contributed by atoms with Crippen LogP contribution in [0.3, 0.4) is 0 Å². The molecule has 1 aromatic carbocycles. The van der Waals surface area contributed by atoms with Crippen molar-refractivity contribution in [1.82, 2.24) is 14.9 Å². The Morgan fingerprint density at radius 3 is 2.40 bits per heavy atom. The molecule has 0 aliphatic carbocycles. The van der Waals surface area contributed by atoms with Gasteiger partial charge in [0, 0.05) is 31.9 Å². The first-order valence-electron chi connectivity index (χ1n) is 8.04. The SMILES string of the molecule is Fc1ccc(CN2CCC(Nc3nccc(C(F)(F)F)n3)CC2)cc1. The van der Waals surface area contributed by atoms with Crippen molar-refractivity contribution >= 4 is 5.95 Å². The first-order valence-corrected chi connectivity index (χ1v) is 8.04. The normalized spacial score (nSPS) is 16.8. The monoisotopic (exact) mass is 354 g/mol. The summed E-state index contributed by atoms with van der Waals surface area (Å²) in [4.78, 5) is 9.64. The molecule has 1 aromatic heterocycles. The molecule has 1 aliphatic rings. The van der Waals surface area contributed by atoms with Gasteiger partial charge in [-0.1, -0.05) is 12.1 Å². The lowest BCUT2D eigenvalue weighted by atomic mass is 10.0. The second-order valence-corrected chi connectivity index (χ2v) is 6.08. The van der Waals surface area contributed by atoms with Gasteiger partial charge in [-0.15, -0.1) is 0 Å². The second kappa shape index (κ2) is 7.35. The van der Waals surface area contributed by atoms with E-state index in [0.717, 1.165) is 50.3 Å². The fourth-order valence-electron chi connectivity index (χ4n) is 2.85. The summed E-state index contributed by atoms with van der Waals surface area (Å²) < 4.78 is 51.0. The molecule has 0 saturated carbocycles. The minimum Gasteiger partial charge on any atom is -0.351 e. The Labute approximate surface area is 142 Å². The van der Waals surface area contributed by atoms with Gasteiger partial charge >= 0.3 is 6.18 Å². The van der Waals surface area contributed by atoms with Crippen LogP contribution in [0.25, 0.3) is 0 Å². The summed E-state index contributed by atoms with van der Waals surface area (Å²) in [7, 11) is 0. The second-order valence-electron chi connectivity index (χ2n) is 6.08. The van der Waals surface area contributed by atoms with E-state index in [1.165, 1.54) is 12.1 Å². The van der Waals surface area contributed by atoms with E-state index in [1.54, 1.807) is 12.1 Å². The number of hydrogen-bond acceptors (Lipinski definition) is 4. The number of halogens is 4. The number of hydrogen-bond donors (Lipinski definition) is 1. The van der Waals surface area contributed by atoms with Crippen molar-refractivity contribution in [2.75, 3.05) is 18.4 Å². The van der Waals surface area contributed by atoms with E-state index in [4.69, 9.17) is 0 Å². The summed E-state index contributed by atoms with van der Waals surface area (Å²) in [5.74, 6) is -0.250. The number of rotatable bonds is 4. The Bertz CT molecular complexity index is 695. The number of aromatic nitrogens is 2. The summed E-state index contributed by atoms with van der Waals surface area (Å²) >= 11 is 0. The van der Waals surface area contributed by atoms with Gasteiger partial charge in [-0.25, -0.2) is 14.4 Å². The summed E-state index contributed by atoms with van der Waals surface area (Å²) in [6.07, 6.45) is -1.80. The van der Waals surface area contributed by atoms with Gasteiger partial charge in [0.25, 0.3) is 0 Å². The van der Waals surface area contributed by atoms with E-state index in [0.29, 0.717) is 0 Å². The highest BCUT2D eigenvalue weighted by Crippen LogP contribution is 2.28. The molecule has 8 heteroatoms. The van der Waals surface area contributed by atoms with Gasteiger partial charge < -0.3 is 5.32 Å². The molecular weight excluding hydrogens is 336 g/mol. The van der Waals surface area contributed by atoms with Crippen molar-refractivity contribution in [3.63, 3.8) is 0 Å². The van der Waals surface area contributed by atoms with Crippen molar-refractivity contribution in [1.29, 1.82) is 0 Å². The maximum Gasteiger partial charge on any atom is 0.433 e. The van der Waals surface area contributed by atoms with Crippen molar-refractivity contribution in [2.45, 2.75) is 31.6 Å². The Hall–Kier alpha value is -2.22. The molecule has 0 unspecified atom stereocenters. The Morgan fingerprint density at radius 2 is 1.76 bits per heavy atom. The molecule has 0 radical (unpaired) electrons. The minimum absolute atomic E-state index is 0.00631. The molecule has 25 heavy (non-hydrogen) atoms. The first kappa shape index (κ1) is 17.6. The van der Waals surface area contributed by atoms with Crippen LogP contribution in [0, 0.1) is 5.82 Å². The molecule has 134 valence electrons. The zero-order valence-electron chi connectivity index (χ0n) is 13.4. The third kappa shape index (κ3) is 4.88. The molecule has 4 nitrogen and oxygen atoms in total. The quantitative estimate of drug-likeness (QED) is 0.850. The van der Waals surface area contributed by atoms with Crippen molar-refractivity contribution in [2.24, 2.45) is 0 Å². The standard InChI is InChI=1S/C17H18F4N4/c18-13-3-1-12(2-4-13)11-25-9-6-14(7-10-25)23-16-22-8-5-15(24-16)17(19,20)21/h1-5,8,14H,6-7,9-11H2,(H,22,23,24). The Kier molecular flexibility index (Phi) is 5.17. The minimum atomic E-state index is -4.47. The summed E-state index contributed by atoms with van der Waals surface area (Å²) in [5, 5.41) is 2.99. The van der Waals surface area contributed by atoms with E-state index in [9.17, 15) is 17.6 Å². The van der Waals surface area contributed by atoms with Gasteiger partial charge in [-0.05, 0) is 36.6 Å². The molecule has 1 fully saturated rings. The molecule has 0 amide bonds. The third-order valence-corrected chi connectivity index (χ3v) is 4.19. The average Bonchev–Trinajstić information content (AvgIpc) is 2.58. The lowest BCUT2D eigenvalue weighted by molar-refractivity contribution is -0.141. The van der Waals surface area contributed by atoms with E-state index in [-0.39, 0.29) is 17.8 Å². The van der Waals surface area contributed by atoms with Gasteiger partial charge in [0.2, 0.25) is 5.95 Å². The van der Waals surface area contributed by atoms with Crippen LogP contribution in [-0.2, 0) is 12.7 Å². The lowest BCUT2D eigenvalue weighted by Gasteiger charge is -2.32. The highest BCUT2D eigenvalue weighted by molar-refractivity contribution is 5.28. The van der Waals surface area contributed by atoms with Crippen LogP contribution in [0.2, 0.25) is 0 Å². The fourth-order valence-corrected chi connectivity index (χ4v) is 2.85. The highest BCUT2D eigenvalue weighted by Gasteiger charge is 2.33. The molecular formula is C17H18F4N4. The molecule has 2 aromatic rings. The smallest absolute Gasteiger partial charge is 0.351 e. The van der Waals surface area contributed by atoms with Crippen LogP contribution in [0.1, 0.15) is 24.1 Å². The van der Waals surface area contributed by atoms with E-state index in [2.05, 4.69) is 20.2 Å². The molecule has 2 heterocycles. The molecule has 1 aliphatic heterocycles. The van der Waals surface area contributed by atoms with Crippen LogP contribution in [-0.4, -0.2) is 34.0 Å². The van der Waals surface area contributed by atoms with Crippen LogP contribution in [0.5, 0.6) is 0 Å². The zero-order chi connectivity index (χ0) is 17.9. The van der Waals surface area contributed by atoms with Gasteiger partial charge in [0.05, 0.1) is 0 Å². The number of nitrogens with one attached hydrogen (secondary N) is 1. The molecule has 1 N–H and O–H groups in total. The molecule has 0 atom stereocenters. The highest BCUT2D eigenvalue weighted by atomic mass is 19.4. The molecule has 1 saturated heterocycles. The summed E-state index contributed by atoms with van der Waals surface area (Å²) in [5.41, 5.74) is 0.0905. The lowest BCUT2D eigenvalue weighted by Crippen LogP contribution is -2.39. The van der Waals surface area contributed by atoms with Gasteiger partial charge in [0.1, 0.15) is 11.5 Å². The topological polar surface area (TPSA) is 41.0 Å². The average molecular weight is 354 g/mol. The number of anilines is 1. The van der Waals surface area contributed by atoms with Crippen LogP contribution in [0.4, 0.5) is 23.5 Å². The molecule has 0 spiro atoms. The van der Waals surface area contributed by atoms with E-state index in [1.807, 2.05) is 0 Å². The van der Waals surface area contributed by atoms with E-state index < -0.39 is 11.9 Å². The fraction of sp³-hybridized carbons (Fsp3) is 0.412. The van der Waals surface area contributed by atoms with Crippen molar-refractivity contribution < 1.29 is 17.6 Å². The van der Waals surface area contributed by atoms with E-state index >= 15 is 0 Å². The van der Waals surface area contributed by atoms with Gasteiger partial charge in [-0.2, -0.15) is 13.2 Å². The number of likely N-dealkylation sites (tertiary alicyclic amines) is 1. The molecule has 3 rings (SSSR count). The predicted octanol–water partition coefficient (Wildman–Crippen LogP) is 3.71. The predicted molar refractivity (Wildman–Crippen MR) is 85.4 cm³/mol. The van der Waals surface area contributed by atoms with Crippen molar-refractivity contribution in [3.8, 4) is 0 Å².